The van der Waals surface area contributed by atoms with Crippen molar-refractivity contribution in [3.05, 3.63) is 249 Å². The Morgan fingerprint density at radius 2 is 1.03 bits per heavy atom. The highest BCUT2D eigenvalue weighted by Crippen LogP contribution is 2.39. The van der Waals surface area contributed by atoms with Gasteiger partial charge in [0.1, 0.15) is 17.3 Å². The van der Waals surface area contributed by atoms with Crippen molar-refractivity contribution in [2.75, 3.05) is 0 Å². The first-order valence-electron chi connectivity index (χ1n) is 21.8. The summed E-state index contributed by atoms with van der Waals surface area (Å²) >= 11 is 0. The van der Waals surface area contributed by atoms with Crippen LogP contribution >= 0.6 is 0 Å². The molecule has 12 rings (SSSR count). The van der Waals surface area contributed by atoms with E-state index in [1.807, 2.05) is 24.5 Å². The van der Waals surface area contributed by atoms with Crippen LogP contribution in [0, 0.1) is 0 Å². The maximum absolute atomic E-state index is 7.80. The van der Waals surface area contributed by atoms with Gasteiger partial charge in [0, 0.05) is 33.9 Å². The number of rotatable bonds is 8. The monoisotopic (exact) mass is 851 g/mol. The summed E-state index contributed by atoms with van der Waals surface area (Å²) in [7, 11) is -6.65. The number of hydrogen-bond acceptors (Lipinski definition) is 3. The molecule has 0 amide bonds. The molecule has 0 aliphatic carbocycles. The van der Waals surface area contributed by atoms with Crippen molar-refractivity contribution in [1.82, 2.24) is 14.5 Å². The standard InChI is InChI=1S/C58H41N3OSi2/c1-5-23-43(24-6-1)63(44-25-7-2-8-26-44,47-31-21-22-42(40-47)49-33-17-19-38-59-49)54-41-51-56(48-32-13-14-34-50(48)61(51)55-37-18-20-39-60-55)58-57(54)62-52-35-15-16-36-53(52)64(58,45-27-9-3-10-28-45)46-29-11-4-12-30-46/h1-41H. The molecule has 1 aliphatic heterocycles. The number of hydrogen-bond donors (Lipinski definition) is 0. The predicted octanol–water partition coefficient (Wildman–Crippen LogP) is 8.10. The van der Waals surface area contributed by atoms with Crippen LogP contribution in [-0.2, 0) is 0 Å². The van der Waals surface area contributed by atoms with Crippen LogP contribution in [-0.4, -0.2) is 30.7 Å². The van der Waals surface area contributed by atoms with E-state index in [9.17, 15) is 0 Å². The summed E-state index contributed by atoms with van der Waals surface area (Å²) in [6.07, 6.45) is 3.78. The molecule has 0 spiro atoms. The molecule has 0 saturated heterocycles. The van der Waals surface area contributed by atoms with Gasteiger partial charge < -0.3 is 4.74 Å². The summed E-state index contributed by atoms with van der Waals surface area (Å²) in [4.78, 5) is 9.95. The van der Waals surface area contributed by atoms with E-state index in [-0.39, 0.29) is 0 Å². The number of pyridine rings is 2. The third-order valence-corrected chi connectivity index (χ3v) is 22.8. The van der Waals surface area contributed by atoms with E-state index in [0.717, 1.165) is 39.6 Å². The molecule has 3 aromatic heterocycles. The highest BCUT2D eigenvalue weighted by molar-refractivity contribution is 7.24. The summed E-state index contributed by atoms with van der Waals surface area (Å²) in [5.74, 6) is 2.71. The van der Waals surface area contributed by atoms with E-state index < -0.39 is 16.1 Å². The Morgan fingerprint density at radius 3 is 1.69 bits per heavy atom. The Hall–Kier alpha value is -7.91. The van der Waals surface area contributed by atoms with Crippen LogP contribution in [0.15, 0.2) is 249 Å². The van der Waals surface area contributed by atoms with Gasteiger partial charge in [0.05, 0.1) is 16.7 Å². The first-order chi connectivity index (χ1) is 31.8. The van der Waals surface area contributed by atoms with Gasteiger partial charge in [0.25, 0.3) is 0 Å². The first-order valence-corrected chi connectivity index (χ1v) is 25.8. The second kappa shape index (κ2) is 15.5. The third-order valence-electron chi connectivity index (χ3n) is 13.2. The molecule has 1 aliphatic rings. The van der Waals surface area contributed by atoms with Gasteiger partial charge in [-0.3, -0.25) is 9.55 Å². The second-order valence-corrected chi connectivity index (χ2v) is 23.9. The summed E-state index contributed by atoms with van der Waals surface area (Å²) < 4.78 is 10.2. The maximum atomic E-state index is 7.80. The van der Waals surface area contributed by atoms with Crippen molar-refractivity contribution in [2.24, 2.45) is 0 Å². The van der Waals surface area contributed by atoms with Gasteiger partial charge in [-0.1, -0.05) is 194 Å². The molecule has 6 heteroatoms. The van der Waals surface area contributed by atoms with Crippen molar-refractivity contribution < 1.29 is 4.74 Å². The van der Waals surface area contributed by atoms with Crippen molar-refractivity contribution in [1.29, 1.82) is 0 Å². The van der Waals surface area contributed by atoms with Gasteiger partial charge in [-0.25, -0.2) is 4.98 Å². The van der Waals surface area contributed by atoms with Crippen LogP contribution in [0.5, 0.6) is 11.5 Å². The Kier molecular flexibility index (Phi) is 9.14. The van der Waals surface area contributed by atoms with Crippen LogP contribution in [0.3, 0.4) is 0 Å². The fourth-order valence-corrected chi connectivity index (χ4v) is 20.9. The fraction of sp³-hybridized carbons (Fsp3) is 0. The molecule has 11 aromatic rings. The highest BCUT2D eigenvalue weighted by Gasteiger charge is 2.53. The molecule has 302 valence electrons. The average molecular weight is 852 g/mol. The largest absolute Gasteiger partial charge is 0.458 e. The number of benzene rings is 8. The highest BCUT2D eigenvalue weighted by atomic mass is 28.3. The zero-order valence-corrected chi connectivity index (χ0v) is 36.9. The molecule has 0 bridgehead atoms. The van der Waals surface area contributed by atoms with Gasteiger partial charge >= 0.3 is 0 Å². The van der Waals surface area contributed by atoms with Gasteiger partial charge in [-0.15, -0.1) is 0 Å². The van der Waals surface area contributed by atoms with Crippen LogP contribution in [0.1, 0.15) is 0 Å². The van der Waals surface area contributed by atoms with Gasteiger partial charge in [0.2, 0.25) is 0 Å². The van der Waals surface area contributed by atoms with Gasteiger partial charge in [-0.05, 0) is 78.8 Å². The summed E-state index contributed by atoms with van der Waals surface area (Å²) in [5, 5.41) is 12.4. The Bertz CT molecular complexity index is 3380. The van der Waals surface area contributed by atoms with Crippen LogP contribution in [0.25, 0.3) is 38.9 Å². The Morgan fingerprint density at radius 1 is 0.453 bits per heavy atom. The molecule has 4 nitrogen and oxygen atoms in total. The van der Waals surface area contributed by atoms with Gasteiger partial charge in [-0.2, -0.15) is 0 Å². The Balaban J connectivity index is 1.37. The molecular formula is C58H41N3OSi2. The molecule has 0 unspecified atom stereocenters. The van der Waals surface area contributed by atoms with Crippen molar-refractivity contribution in [3.63, 3.8) is 0 Å². The molecule has 0 atom stereocenters. The van der Waals surface area contributed by atoms with E-state index in [0.29, 0.717) is 0 Å². The van der Waals surface area contributed by atoms with E-state index in [1.165, 1.54) is 52.3 Å². The van der Waals surface area contributed by atoms with Crippen molar-refractivity contribution >= 4 is 79.4 Å². The third kappa shape index (κ3) is 5.66. The smallest absolute Gasteiger partial charge is 0.189 e. The fourth-order valence-electron chi connectivity index (χ4n) is 10.6. The van der Waals surface area contributed by atoms with E-state index in [1.54, 1.807) is 0 Å². The van der Waals surface area contributed by atoms with Crippen LogP contribution in [0.4, 0.5) is 0 Å². The predicted molar refractivity (Wildman–Crippen MR) is 269 cm³/mol. The lowest BCUT2D eigenvalue weighted by Gasteiger charge is -2.43. The minimum absolute atomic E-state index is 0.868. The summed E-state index contributed by atoms with van der Waals surface area (Å²) in [6.45, 7) is 0. The lowest BCUT2D eigenvalue weighted by molar-refractivity contribution is 0.491. The second-order valence-electron chi connectivity index (χ2n) is 16.4. The molecule has 0 radical (unpaired) electrons. The maximum Gasteiger partial charge on any atom is 0.189 e. The zero-order chi connectivity index (χ0) is 42.5. The van der Waals surface area contributed by atoms with Crippen LogP contribution in [0.2, 0.25) is 0 Å². The molecule has 4 heterocycles. The SMILES string of the molecule is c1ccc([Si](c2ccccc2)(c2cccc(-c3ccccn3)c2)c2cc3c(c4c2Oc2ccccc2[Si]4(c2ccccc2)c2ccccc2)c2ccccc2n3-c2ccccn2)cc1. The molecule has 0 N–H and O–H groups in total. The number of aromatic nitrogens is 3. The Labute approximate surface area is 374 Å². The number of fused-ring (bicyclic) bond motifs is 6. The number of para-hydroxylation sites is 2. The van der Waals surface area contributed by atoms with E-state index in [4.69, 9.17) is 14.7 Å². The molecule has 8 aromatic carbocycles. The van der Waals surface area contributed by atoms with E-state index in [2.05, 4.69) is 229 Å². The summed E-state index contributed by atoms with van der Waals surface area (Å²) in [5.41, 5.74) is 4.21. The normalized spacial score (nSPS) is 12.9. The molecule has 0 saturated carbocycles. The molecule has 0 fully saturated rings. The number of ether oxygens (including phenoxy) is 1. The van der Waals surface area contributed by atoms with Gasteiger partial charge in [0.15, 0.2) is 16.1 Å². The van der Waals surface area contributed by atoms with Crippen molar-refractivity contribution in [2.45, 2.75) is 0 Å². The topological polar surface area (TPSA) is 39.9 Å². The van der Waals surface area contributed by atoms with Crippen molar-refractivity contribution in [3.8, 4) is 28.6 Å². The first kappa shape index (κ1) is 37.8. The quantitative estimate of drug-likeness (QED) is 0.115. The zero-order valence-electron chi connectivity index (χ0n) is 34.9. The lowest BCUT2D eigenvalue weighted by atomic mass is 10.1. The number of nitrogens with zero attached hydrogens (tertiary/aromatic N) is 3. The summed E-state index contributed by atoms with van der Waals surface area (Å²) in [6, 6.07) is 86.6. The minimum Gasteiger partial charge on any atom is -0.458 e. The lowest BCUT2D eigenvalue weighted by Crippen LogP contribution is -2.79. The van der Waals surface area contributed by atoms with E-state index >= 15 is 0 Å². The average Bonchev–Trinajstić information content (AvgIpc) is 3.72. The molecule has 64 heavy (non-hydrogen) atoms. The van der Waals surface area contributed by atoms with Crippen LogP contribution < -0.4 is 46.2 Å². The molecular weight excluding hydrogens is 811 g/mol. The minimum atomic E-state index is -3.38.